The average Bonchev–Trinajstić information content (AvgIpc) is 2.64. The monoisotopic (exact) mass is 195 g/mol. The van der Waals surface area contributed by atoms with Crippen LogP contribution in [0, 0.1) is 11.3 Å². The van der Waals surface area contributed by atoms with E-state index in [0.29, 0.717) is 23.9 Å². The van der Waals surface area contributed by atoms with Crippen LogP contribution in [0.2, 0.25) is 0 Å². The van der Waals surface area contributed by atoms with Crippen molar-refractivity contribution >= 4 is 0 Å². The maximum absolute atomic E-state index is 5.56. The van der Waals surface area contributed by atoms with Gasteiger partial charge in [0.15, 0.2) is 5.82 Å². The van der Waals surface area contributed by atoms with Crippen LogP contribution < -0.4 is 5.73 Å². The fourth-order valence-corrected chi connectivity index (χ4v) is 1.93. The number of hydrogen-bond donors (Lipinski definition) is 1. The van der Waals surface area contributed by atoms with Crippen molar-refractivity contribution in [1.82, 2.24) is 20.2 Å². The first-order chi connectivity index (χ1) is 6.59. The largest absolute Gasteiger partial charge is 0.324 e. The van der Waals surface area contributed by atoms with E-state index in [1.165, 1.54) is 0 Å². The predicted octanol–water partition coefficient (Wildman–Crippen LogP) is 0.739. The lowest BCUT2D eigenvalue weighted by Crippen LogP contribution is -2.15. The van der Waals surface area contributed by atoms with Gasteiger partial charge in [-0.25, -0.2) is 4.68 Å². The SMILES string of the molecule is CC(C)C1(C)CC1n1nnnc1CN. The zero-order chi connectivity index (χ0) is 10.3. The van der Waals surface area contributed by atoms with Crippen LogP contribution in [0.25, 0.3) is 0 Å². The van der Waals surface area contributed by atoms with Crippen molar-refractivity contribution in [2.45, 2.75) is 39.8 Å². The predicted molar refractivity (Wildman–Crippen MR) is 52.3 cm³/mol. The number of rotatable bonds is 3. The van der Waals surface area contributed by atoms with Crippen molar-refractivity contribution in [3.05, 3.63) is 5.82 Å². The summed E-state index contributed by atoms with van der Waals surface area (Å²) in [4.78, 5) is 0. The summed E-state index contributed by atoms with van der Waals surface area (Å²) in [6.45, 7) is 7.18. The Bertz CT molecular complexity index is 332. The fourth-order valence-electron chi connectivity index (χ4n) is 1.93. The van der Waals surface area contributed by atoms with Gasteiger partial charge in [0.25, 0.3) is 0 Å². The van der Waals surface area contributed by atoms with E-state index in [9.17, 15) is 0 Å². The van der Waals surface area contributed by atoms with E-state index < -0.39 is 0 Å². The van der Waals surface area contributed by atoms with Crippen LogP contribution in [0.4, 0.5) is 0 Å². The highest BCUT2D eigenvalue weighted by Gasteiger charge is 2.54. The van der Waals surface area contributed by atoms with Crippen LogP contribution in [-0.4, -0.2) is 20.2 Å². The average molecular weight is 195 g/mol. The van der Waals surface area contributed by atoms with Gasteiger partial charge in [-0.2, -0.15) is 0 Å². The molecule has 1 fully saturated rings. The number of tetrazole rings is 1. The Hall–Kier alpha value is -0.970. The summed E-state index contributed by atoms with van der Waals surface area (Å²) in [5.74, 6) is 1.45. The molecule has 1 aromatic rings. The molecule has 0 aromatic carbocycles. The molecule has 0 radical (unpaired) electrons. The molecule has 2 N–H and O–H groups in total. The van der Waals surface area contributed by atoms with Crippen molar-refractivity contribution in [2.24, 2.45) is 17.1 Å². The van der Waals surface area contributed by atoms with Gasteiger partial charge in [0, 0.05) is 0 Å². The minimum Gasteiger partial charge on any atom is -0.324 e. The molecule has 0 bridgehead atoms. The molecule has 1 saturated carbocycles. The smallest absolute Gasteiger partial charge is 0.165 e. The highest BCUT2D eigenvalue weighted by molar-refractivity contribution is 5.06. The molecule has 1 aliphatic carbocycles. The fraction of sp³-hybridized carbons (Fsp3) is 0.889. The Kier molecular flexibility index (Phi) is 2.06. The van der Waals surface area contributed by atoms with Gasteiger partial charge in [0.2, 0.25) is 0 Å². The summed E-state index contributed by atoms with van der Waals surface area (Å²) in [6, 6.07) is 0.441. The van der Waals surface area contributed by atoms with Crippen LogP contribution >= 0.6 is 0 Å². The first-order valence-electron chi connectivity index (χ1n) is 5.06. The van der Waals surface area contributed by atoms with Crippen molar-refractivity contribution in [3.8, 4) is 0 Å². The zero-order valence-corrected chi connectivity index (χ0v) is 8.94. The minimum atomic E-state index is 0.347. The molecule has 0 amide bonds. The highest BCUT2D eigenvalue weighted by Crippen LogP contribution is 2.60. The van der Waals surface area contributed by atoms with Gasteiger partial charge < -0.3 is 5.73 Å². The third-order valence-corrected chi connectivity index (χ3v) is 3.59. The van der Waals surface area contributed by atoms with Gasteiger partial charge in [-0.15, -0.1) is 5.10 Å². The molecule has 2 unspecified atom stereocenters. The Labute approximate surface area is 83.7 Å². The van der Waals surface area contributed by atoms with Gasteiger partial charge in [0.05, 0.1) is 12.6 Å². The molecule has 5 nitrogen and oxygen atoms in total. The lowest BCUT2D eigenvalue weighted by molar-refractivity contribution is 0.340. The van der Waals surface area contributed by atoms with Gasteiger partial charge in [-0.05, 0) is 28.2 Å². The van der Waals surface area contributed by atoms with Crippen molar-refractivity contribution in [2.75, 3.05) is 0 Å². The van der Waals surface area contributed by atoms with E-state index in [0.717, 1.165) is 12.2 Å². The Morgan fingerprint density at radius 3 is 2.86 bits per heavy atom. The van der Waals surface area contributed by atoms with Crippen LogP contribution in [0.5, 0.6) is 0 Å². The summed E-state index contributed by atoms with van der Waals surface area (Å²) < 4.78 is 1.89. The van der Waals surface area contributed by atoms with Crippen LogP contribution in [0.3, 0.4) is 0 Å². The maximum atomic E-state index is 5.56. The maximum Gasteiger partial charge on any atom is 0.165 e. The second-order valence-corrected chi connectivity index (χ2v) is 4.62. The molecule has 0 spiro atoms. The summed E-state index contributed by atoms with van der Waals surface area (Å²) in [6.07, 6.45) is 1.16. The zero-order valence-electron chi connectivity index (χ0n) is 8.94. The number of hydrogen-bond acceptors (Lipinski definition) is 4. The lowest BCUT2D eigenvalue weighted by Gasteiger charge is -2.15. The standard InChI is InChI=1S/C9H17N5/c1-6(2)9(3)4-7(9)14-8(5-10)11-12-13-14/h6-7H,4-5,10H2,1-3H3. The van der Waals surface area contributed by atoms with Crippen molar-refractivity contribution in [1.29, 1.82) is 0 Å². The molecule has 1 aromatic heterocycles. The Morgan fingerprint density at radius 1 is 1.64 bits per heavy atom. The Morgan fingerprint density at radius 2 is 2.36 bits per heavy atom. The second kappa shape index (κ2) is 3.02. The van der Waals surface area contributed by atoms with Gasteiger partial charge in [-0.1, -0.05) is 20.8 Å². The molecule has 0 saturated heterocycles. The molecule has 78 valence electrons. The van der Waals surface area contributed by atoms with Crippen molar-refractivity contribution in [3.63, 3.8) is 0 Å². The summed E-state index contributed by atoms with van der Waals surface area (Å²) in [7, 11) is 0. The number of nitrogens with two attached hydrogens (primary N) is 1. The molecule has 1 aliphatic rings. The number of aromatic nitrogens is 4. The van der Waals surface area contributed by atoms with E-state index in [2.05, 4.69) is 36.3 Å². The second-order valence-electron chi connectivity index (χ2n) is 4.62. The van der Waals surface area contributed by atoms with E-state index in [-0.39, 0.29) is 0 Å². The van der Waals surface area contributed by atoms with Crippen LogP contribution in [0.15, 0.2) is 0 Å². The molecular formula is C9H17N5. The summed E-state index contributed by atoms with van der Waals surface area (Å²) >= 11 is 0. The van der Waals surface area contributed by atoms with Crippen LogP contribution in [-0.2, 0) is 6.54 Å². The van der Waals surface area contributed by atoms with Crippen LogP contribution in [0.1, 0.15) is 39.1 Å². The van der Waals surface area contributed by atoms with Gasteiger partial charge in [-0.3, -0.25) is 0 Å². The quantitative estimate of drug-likeness (QED) is 0.772. The molecule has 5 heteroatoms. The van der Waals surface area contributed by atoms with Crippen molar-refractivity contribution < 1.29 is 0 Å². The van der Waals surface area contributed by atoms with E-state index in [4.69, 9.17) is 5.73 Å². The topological polar surface area (TPSA) is 69.6 Å². The minimum absolute atomic E-state index is 0.347. The highest BCUT2D eigenvalue weighted by atomic mass is 15.6. The molecular weight excluding hydrogens is 178 g/mol. The summed E-state index contributed by atoms with van der Waals surface area (Å²) in [5, 5.41) is 11.6. The van der Waals surface area contributed by atoms with Gasteiger partial charge >= 0.3 is 0 Å². The number of nitrogens with zero attached hydrogens (tertiary/aromatic N) is 4. The molecule has 2 rings (SSSR count). The summed E-state index contributed by atoms with van der Waals surface area (Å²) in [5.41, 5.74) is 5.91. The lowest BCUT2D eigenvalue weighted by atomic mass is 9.94. The molecule has 14 heavy (non-hydrogen) atoms. The third-order valence-electron chi connectivity index (χ3n) is 3.59. The molecule has 0 aliphatic heterocycles. The van der Waals surface area contributed by atoms with E-state index >= 15 is 0 Å². The van der Waals surface area contributed by atoms with E-state index in [1.54, 1.807) is 0 Å². The normalized spacial score (nSPS) is 31.1. The molecule has 2 atom stereocenters. The van der Waals surface area contributed by atoms with E-state index in [1.807, 2.05) is 4.68 Å². The first-order valence-corrected chi connectivity index (χ1v) is 5.06. The Balaban J connectivity index is 2.20. The molecule has 1 heterocycles. The third kappa shape index (κ3) is 1.23. The first kappa shape index (κ1) is 9.58. The van der Waals surface area contributed by atoms with Gasteiger partial charge in [0.1, 0.15) is 0 Å².